The van der Waals surface area contributed by atoms with Crippen LogP contribution in [0.4, 0.5) is 10.5 Å². The Hall–Kier alpha value is -5.86. The van der Waals surface area contributed by atoms with E-state index >= 15 is 0 Å². The zero-order valence-electron chi connectivity index (χ0n) is 28.1. The van der Waals surface area contributed by atoms with Gasteiger partial charge in [-0.15, -0.1) is 0 Å². The molecule has 4 aromatic rings. The maximum Gasteiger partial charge on any atom is 0.318 e. The van der Waals surface area contributed by atoms with Crippen molar-refractivity contribution in [2.75, 3.05) is 51.4 Å². The summed E-state index contributed by atoms with van der Waals surface area (Å²) in [6, 6.07) is 20.3. The van der Waals surface area contributed by atoms with Crippen molar-refractivity contribution in [3.8, 4) is 34.9 Å². The number of phenolic OH excluding ortho intramolecular Hbond substituents is 1. The van der Waals surface area contributed by atoms with Crippen LogP contribution in [0.25, 0.3) is 11.3 Å². The molecule has 2 aliphatic heterocycles. The Bertz CT molecular complexity index is 2010. The molecule has 13 nitrogen and oxygen atoms in total. The zero-order chi connectivity index (χ0) is 36.5. The van der Waals surface area contributed by atoms with E-state index in [2.05, 4.69) is 33.6 Å². The number of urea groups is 1. The Labute approximate surface area is 305 Å². The smallest absolute Gasteiger partial charge is 0.318 e. The Morgan fingerprint density at radius 3 is 2.48 bits per heavy atom. The molecule has 0 aliphatic carbocycles. The number of hydrogen-bond donors (Lipinski definition) is 3. The Kier molecular flexibility index (Phi) is 11.7. The Balaban J connectivity index is 1.16. The van der Waals surface area contributed by atoms with Crippen LogP contribution in [0.5, 0.6) is 5.75 Å². The number of ether oxygens (including phenoxy) is 2. The average Bonchev–Trinajstić information content (AvgIpc) is 3.59. The van der Waals surface area contributed by atoms with Crippen LogP contribution in [-0.4, -0.2) is 94.6 Å². The number of rotatable bonds is 8. The van der Waals surface area contributed by atoms with Gasteiger partial charge >= 0.3 is 6.03 Å². The summed E-state index contributed by atoms with van der Waals surface area (Å²) in [6.45, 7) is 2.43. The molecule has 266 valence electrons. The number of nitriles is 1. The lowest BCUT2D eigenvalue weighted by molar-refractivity contribution is -0.148. The number of hydrogen-bond acceptors (Lipinski definition) is 8. The van der Waals surface area contributed by atoms with Crippen LogP contribution in [0.3, 0.4) is 0 Å². The lowest BCUT2D eigenvalue weighted by atomic mass is 10.0. The van der Waals surface area contributed by atoms with Gasteiger partial charge in [0.25, 0.3) is 5.91 Å². The molecule has 2 fully saturated rings. The molecule has 0 saturated carbocycles. The van der Waals surface area contributed by atoms with E-state index in [4.69, 9.17) is 26.3 Å². The first-order valence-corrected chi connectivity index (χ1v) is 17.1. The Morgan fingerprint density at radius 1 is 0.981 bits per heavy atom. The summed E-state index contributed by atoms with van der Waals surface area (Å²) in [7, 11) is 0. The third kappa shape index (κ3) is 8.71. The maximum atomic E-state index is 14.1. The third-order valence-electron chi connectivity index (χ3n) is 8.58. The van der Waals surface area contributed by atoms with Gasteiger partial charge in [0.1, 0.15) is 23.5 Å². The molecule has 4 amide bonds. The average molecular weight is 722 g/mol. The minimum Gasteiger partial charge on any atom is -0.507 e. The van der Waals surface area contributed by atoms with Crippen LogP contribution in [0.15, 0.2) is 79.0 Å². The summed E-state index contributed by atoms with van der Waals surface area (Å²) in [5.41, 5.74) is 3.11. The first-order valence-electron chi connectivity index (χ1n) is 16.7. The number of phenols is 1. The van der Waals surface area contributed by atoms with Crippen molar-refractivity contribution in [2.45, 2.75) is 25.0 Å². The SMILES string of the molecule is N#CCCn1cc(C#Cc2ccc(NC(=O)[C@@H]3COCCN3C(=O)[C@H](NC(=O)N3CCOCC3)c3ccccc3)cc2)c(-c2cc(Cl)ccc2O)n1. The summed E-state index contributed by atoms with van der Waals surface area (Å²) >= 11 is 6.19. The first-order chi connectivity index (χ1) is 25.3. The van der Waals surface area contributed by atoms with Crippen LogP contribution in [0, 0.1) is 23.2 Å². The summed E-state index contributed by atoms with van der Waals surface area (Å²) in [4.78, 5) is 44.0. The summed E-state index contributed by atoms with van der Waals surface area (Å²) in [5, 5.41) is 30.3. The summed E-state index contributed by atoms with van der Waals surface area (Å²) in [5.74, 6) is 5.34. The number of aromatic nitrogens is 2. The van der Waals surface area contributed by atoms with E-state index < -0.39 is 23.9 Å². The fourth-order valence-corrected chi connectivity index (χ4v) is 6.03. The van der Waals surface area contributed by atoms with E-state index in [0.29, 0.717) is 71.5 Å². The number of benzene rings is 3. The van der Waals surface area contributed by atoms with Crippen molar-refractivity contribution in [1.29, 1.82) is 5.26 Å². The fraction of sp³-hybridized carbons (Fsp3) is 0.289. The predicted octanol–water partition coefficient (Wildman–Crippen LogP) is 4.17. The molecule has 0 spiro atoms. The number of amides is 4. The molecule has 14 heteroatoms. The van der Waals surface area contributed by atoms with E-state index in [9.17, 15) is 19.5 Å². The van der Waals surface area contributed by atoms with E-state index in [1.807, 2.05) is 6.07 Å². The van der Waals surface area contributed by atoms with Crippen molar-refractivity contribution in [2.24, 2.45) is 0 Å². The number of anilines is 1. The Morgan fingerprint density at radius 2 is 1.73 bits per heavy atom. The summed E-state index contributed by atoms with van der Waals surface area (Å²) < 4.78 is 12.6. The molecule has 2 aliphatic rings. The third-order valence-corrected chi connectivity index (χ3v) is 8.82. The predicted molar refractivity (Wildman–Crippen MR) is 192 cm³/mol. The zero-order valence-corrected chi connectivity index (χ0v) is 28.9. The van der Waals surface area contributed by atoms with Gasteiger partial charge in [-0.25, -0.2) is 4.79 Å². The maximum absolute atomic E-state index is 14.1. The molecule has 3 N–H and O–H groups in total. The lowest BCUT2D eigenvalue weighted by Crippen LogP contribution is -2.58. The summed E-state index contributed by atoms with van der Waals surface area (Å²) in [6.07, 6.45) is 1.96. The molecule has 0 unspecified atom stereocenters. The van der Waals surface area contributed by atoms with Gasteiger partial charge in [-0.3, -0.25) is 14.3 Å². The van der Waals surface area contributed by atoms with Crippen LogP contribution < -0.4 is 10.6 Å². The van der Waals surface area contributed by atoms with Crippen molar-refractivity contribution < 1.29 is 29.0 Å². The van der Waals surface area contributed by atoms with Gasteiger partial charge in [-0.1, -0.05) is 53.8 Å². The number of carbonyl (C=O) groups excluding carboxylic acids is 3. The highest BCUT2D eigenvalue weighted by atomic mass is 35.5. The highest BCUT2D eigenvalue weighted by molar-refractivity contribution is 6.31. The second-order valence-corrected chi connectivity index (χ2v) is 12.5. The van der Waals surface area contributed by atoms with Gasteiger partial charge in [0.2, 0.25) is 5.91 Å². The molecular formula is C38H36ClN7O6. The second-order valence-electron chi connectivity index (χ2n) is 12.1. The largest absolute Gasteiger partial charge is 0.507 e. The van der Waals surface area contributed by atoms with Gasteiger partial charge in [0, 0.05) is 47.7 Å². The molecule has 6 rings (SSSR count). The lowest BCUT2D eigenvalue weighted by Gasteiger charge is -2.37. The number of aryl methyl sites for hydroxylation is 1. The number of nitrogens with zero attached hydrogens (tertiary/aromatic N) is 5. The minimum absolute atomic E-state index is 0.00460. The molecule has 2 atom stereocenters. The number of halogens is 1. The van der Waals surface area contributed by atoms with Gasteiger partial charge < -0.3 is 35.0 Å². The number of carbonyl (C=O) groups is 3. The molecule has 1 aromatic heterocycles. The highest BCUT2D eigenvalue weighted by Gasteiger charge is 2.38. The van der Waals surface area contributed by atoms with Gasteiger partial charge in [0.05, 0.1) is 51.0 Å². The number of nitrogens with one attached hydrogen (secondary N) is 2. The van der Waals surface area contributed by atoms with Gasteiger partial charge in [0.15, 0.2) is 0 Å². The number of morpholine rings is 2. The van der Waals surface area contributed by atoms with Crippen LogP contribution in [0.2, 0.25) is 5.02 Å². The van der Waals surface area contributed by atoms with Crippen molar-refractivity contribution in [3.63, 3.8) is 0 Å². The molecule has 0 bridgehead atoms. The van der Waals surface area contributed by atoms with Crippen molar-refractivity contribution >= 4 is 35.1 Å². The topological polar surface area (TPSA) is 162 Å². The molecule has 0 radical (unpaired) electrons. The molecule has 52 heavy (non-hydrogen) atoms. The van der Waals surface area contributed by atoms with Gasteiger partial charge in [-0.2, -0.15) is 10.4 Å². The van der Waals surface area contributed by atoms with Crippen LogP contribution in [-0.2, 0) is 25.6 Å². The molecule has 3 heterocycles. The van der Waals surface area contributed by atoms with E-state index in [1.165, 1.54) is 11.0 Å². The van der Waals surface area contributed by atoms with Crippen LogP contribution in [0.1, 0.15) is 29.2 Å². The second kappa shape index (κ2) is 16.9. The fourth-order valence-electron chi connectivity index (χ4n) is 5.86. The first kappa shape index (κ1) is 35.9. The molecular weight excluding hydrogens is 686 g/mol. The van der Waals surface area contributed by atoms with Crippen LogP contribution >= 0.6 is 11.6 Å². The van der Waals surface area contributed by atoms with E-state index in [0.717, 1.165) is 0 Å². The van der Waals surface area contributed by atoms with E-state index in [1.54, 1.807) is 76.4 Å². The van der Waals surface area contributed by atoms with Crippen molar-refractivity contribution in [3.05, 3.63) is 101 Å². The van der Waals surface area contributed by atoms with Gasteiger partial charge in [-0.05, 0) is 48.0 Å². The van der Waals surface area contributed by atoms with Crippen molar-refractivity contribution in [1.82, 2.24) is 24.9 Å². The standard InChI is InChI=1S/C38H36ClN7O6/c39-29-11-14-33(47)31(23-29)34-28(24-45(43-34)16-4-15-40)10-7-26-8-12-30(13-9-26)41-36(48)32-25-52-22-19-46(32)37(49)35(27-5-2-1-3-6-27)42-38(50)44-17-20-51-21-18-44/h1-3,5-6,8-9,11-14,23-24,32,35,47H,4,16-22,25H2,(H,41,48)(H,42,50)/t32-,35+/m0/s1. The highest BCUT2D eigenvalue weighted by Crippen LogP contribution is 2.33. The normalized spacial score (nSPS) is 16.2. The van der Waals surface area contributed by atoms with E-state index in [-0.39, 0.29) is 38.0 Å². The molecule has 2 saturated heterocycles. The molecule has 3 aromatic carbocycles. The quantitative estimate of drug-likeness (QED) is 0.229. The number of aromatic hydroxyl groups is 1. The minimum atomic E-state index is -1.01. The monoisotopic (exact) mass is 721 g/mol.